The molecule has 0 spiro atoms. The van der Waals surface area contributed by atoms with Gasteiger partial charge in [-0.1, -0.05) is 13.3 Å². The van der Waals surface area contributed by atoms with Gasteiger partial charge in [0.05, 0.1) is 17.8 Å². The van der Waals surface area contributed by atoms with Crippen molar-refractivity contribution in [2.75, 3.05) is 6.61 Å². The van der Waals surface area contributed by atoms with Gasteiger partial charge in [0, 0.05) is 11.8 Å². The standard InChI is InChI=1S/C11H16N2O4S/c1-2-3-4-17-11(16)13-9(10(14)15)5-8-6-18-7-12-8/h6-7,9H,2-5H2,1H3,(H,13,16)(H,14,15). The molecule has 18 heavy (non-hydrogen) atoms. The summed E-state index contributed by atoms with van der Waals surface area (Å²) >= 11 is 1.38. The number of hydrogen-bond acceptors (Lipinski definition) is 5. The zero-order valence-electron chi connectivity index (χ0n) is 10.1. The van der Waals surface area contributed by atoms with Gasteiger partial charge < -0.3 is 15.2 Å². The Bertz CT molecular complexity index is 380. The Hall–Kier alpha value is -1.63. The largest absolute Gasteiger partial charge is 0.480 e. The quantitative estimate of drug-likeness (QED) is 0.737. The molecule has 0 fully saturated rings. The number of nitrogens with zero attached hydrogens (tertiary/aromatic N) is 1. The highest BCUT2D eigenvalue weighted by Gasteiger charge is 2.21. The lowest BCUT2D eigenvalue weighted by Crippen LogP contribution is -2.42. The number of carbonyl (C=O) groups is 2. The van der Waals surface area contributed by atoms with Gasteiger partial charge in [0.15, 0.2) is 0 Å². The third-order valence-electron chi connectivity index (χ3n) is 2.22. The molecule has 1 heterocycles. The molecular weight excluding hydrogens is 256 g/mol. The molecule has 1 rings (SSSR count). The second kappa shape index (κ2) is 7.65. The summed E-state index contributed by atoms with van der Waals surface area (Å²) in [7, 11) is 0. The fourth-order valence-electron chi connectivity index (χ4n) is 1.24. The molecule has 2 N–H and O–H groups in total. The number of amides is 1. The van der Waals surface area contributed by atoms with Crippen LogP contribution in [0.5, 0.6) is 0 Å². The fourth-order valence-corrected chi connectivity index (χ4v) is 1.81. The monoisotopic (exact) mass is 272 g/mol. The number of nitrogens with one attached hydrogen (secondary N) is 1. The number of hydrogen-bond donors (Lipinski definition) is 2. The number of alkyl carbamates (subject to hydrolysis) is 1. The first-order chi connectivity index (χ1) is 8.63. The predicted molar refractivity (Wildman–Crippen MR) is 66.6 cm³/mol. The third-order valence-corrected chi connectivity index (χ3v) is 2.85. The molecule has 0 bridgehead atoms. The van der Waals surface area contributed by atoms with Crippen LogP contribution in [0.2, 0.25) is 0 Å². The number of carboxylic acid groups (broad SMARTS) is 1. The Morgan fingerprint density at radius 1 is 1.61 bits per heavy atom. The minimum atomic E-state index is -1.10. The molecule has 0 aliphatic rings. The van der Waals surface area contributed by atoms with Gasteiger partial charge in [-0.15, -0.1) is 11.3 Å². The van der Waals surface area contributed by atoms with E-state index in [4.69, 9.17) is 9.84 Å². The van der Waals surface area contributed by atoms with E-state index in [0.29, 0.717) is 12.3 Å². The minimum absolute atomic E-state index is 0.154. The van der Waals surface area contributed by atoms with Gasteiger partial charge in [-0.2, -0.15) is 0 Å². The maximum Gasteiger partial charge on any atom is 0.407 e. The number of carboxylic acids is 1. The van der Waals surface area contributed by atoms with Crippen molar-refractivity contribution in [1.82, 2.24) is 10.3 Å². The maximum atomic E-state index is 11.3. The lowest BCUT2D eigenvalue weighted by Gasteiger charge is -2.13. The molecule has 7 heteroatoms. The lowest BCUT2D eigenvalue weighted by atomic mass is 10.2. The van der Waals surface area contributed by atoms with Gasteiger partial charge >= 0.3 is 12.1 Å². The number of carbonyl (C=O) groups excluding carboxylic acids is 1. The molecule has 0 aromatic carbocycles. The molecule has 1 amide bonds. The zero-order valence-corrected chi connectivity index (χ0v) is 10.9. The lowest BCUT2D eigenvalue weighted by molar-refractivity contribution is -0.139. The number of aromatic nitrogens is 1. The van der Waals surface area contributed by atoms with Crippen LogP contribution in [0.4, 0.5) is 4.79 Å². The summed E-state index contributed by atoms with van der Waals surface area (Å²) in [6, 6.07) is -1.01. The average molecular weight is 272 g/mol. The Kier molecular flexibility index (Phi) is 6.13. The van der Waals surface area contributed by atoms with Crippen LogP contribution in [0.1, 0.15) is 25.5 Å². The van der Waals surface area contributed by atoms with Crippen molar-refractivity contribution in [3.05, 3.63) is 16.6 Å². The Morgan fingerprint density at radius 3 is 2.94 bits per heavy atom. The first-order valence-electron chi connectivity index (χ1n) is 5.66. The second-order valence-electron chi connectivity index (χ2n) is 3.71. The SMILES string of the molecule is CCCCOC(=O)NC(Cc1cscn1)C(=O)O. The summed E-state index contributed by atoms with van der Waals surface area (Å²) in [5, 5.41) is 13.1. The summed E-state index contributed by atoms with van der Waals surface area (Å²) in [5.74, 6) is -1.10. The van der Waals surface area contributed by atoms with E-state index in [-0.39, 0.29) is 6.42 Å². The second-order valence-corrected chi connectivity index (χ2v) is 4.43. The first kappa shape index (κ1) is 14.4. The molecule has 1 atom stereocenters. The summed E-state index contributed by atoms with van der Waals surface area (Å²) in [5.41, 5.74) is 2.26. The predicted octanol–water partition coefficient (Wildman–Crippen LogP) is 1.67. The van der Waals surface area contributed by atoms with E-state index in [1.165, 1.54) is 11.3 Å². The Labute approximate surface area is 109 Å². The molecule has 0 radical (unpaired) electrons. The normalized spacial score (nSPS) is 11.8. The average Bonchev–Trinajstić information content (AvgIpc) is 2.81. The first-order valence-corrected chi connectivity index (χ1v) is 6.61. The van der Waals surface area contributed by atoms with Gasteiger partial charge in [0.1, 0.15) is 6.04 Å². The number of thiazole rings is 1. The van der Waals surface area contributed by atoms with E-state index in [2.05, 4.69) is 10.3 Å². The molecule has 100 valence electrons. The van der Waals surface area contributed by atoms with Crippen molar-refractivity contribution < 1.29 is 19.4 Å². The molecule has 1 aromatic heterocycles. The van der Waals surface area contributed by atoms with Crippen molar-refractivity contribution in [2.45, 2.75) is 32.2 Å². The fraction of sp³-hybridized carbons (Fsp3) is 0.545. The van der Waals surface area contributed by atoms with Crippen LogP contribution in [-0.2, 0) is 16.0 Å². The van der Waals surface area contributed by atoms with E-state index in [0.717, 1.165) is 12.8 Å². The molecular formula is C11H16N2O4S. The van der Waals surface area contributed by atoms with Crippen LogP contribution in [-0.4, -0.2) is 34.8 Å². The molecule has 6 nitrogen and oxygen atoms in total. The van der Waals surface area contributed by atoms with E-state index in [1.54, 1.807) is 10.9 Å². The summed E-state index contributed by atoms with van der Waals surface area (Å²) in [4.78, 5) is 26.3. The third kappa shape index (κ3) is 5.13. The molecule has 1 unspecified atom stereocenters. The van der Waals surface area contributed by atoms with E-state index in [1.807, 2.05) is 6.92 Å². The van der Waals surface area contributed by atoms with Crippen LogP contribution in [0.3, 0.4) is 0 Å². The van der Waals surface area contributed by atoms with Crippen molar-refractivity contribution in [1.29, 1.82) is 0 Å². The van der Waals surface area contributed by atoms with Crippen LogP contribution < -0.4 is 5.32 Å². The molecule has 0 aliphatic heterocycles. The van der Waals surface area contributed by atoms with Crippen molar-refractivity contribution in [2.24, 2.45) is 0 Å². The topological polar surface area (TPSA) is 88.5 Å². The van der Waals surface area contributed by atoms with Gasteiger partial charge in [-0.05, 0) is 6.42 Å². The Morgan fingerprint density at radius 2 is 2.39 bits per heavy atom. The van der Waals surface area contributed by atoms with Crippen LogP contribution >= 0.6 is 11.3 Å². The van der Waals surface area contributed by atoms with Crippen molar-refractivity contribution in [3.63, 3.8) is 0 Å². The van der Waals surface area contributed by atoms with Crippen molar-refractivity contribution in [3.8, 4) is 0 Å². The number of rotatable bonds is 7. The smallest absolute Gasteiger partial charge is 0.407 e. The zero-order chi connectivity index (χ0) is 13.4. The molecule has 0 saturated carbocycles. The van der Waals surface area contributed by atoms with E-state index in [9.17, 15) is 9.59 Å². The number of aliphatic carboxylic acids is 1. The van der Waals surface area contributed by atoms with Crippen LogP contribution in [0, 0.1) is 0 Å². The maximum absolute atomic E-state index is 11.3. The Balaban J connectivity index is 2.42. The highest BCUT2D eigenvalue weighted by atomic mass is 32.1. The molecule has 1 aromatic rings. The molecule has 0 aliphatic carbocycles. The highest BCUT2D eigenvalue weighted by Crippen LogP contribution is 2.05. The van der Waals surface area contributed by atoms with Gasteiger partial charge in [-0.25, -0.2) is 14.6 Å². The summed E-state index contributed by atoms with van der Waals surface area (Å²) in [6.45, 7) is 2.27. The van der Waals surface area contributed by atoms with Gasteiger partial charge in [0.2, 0.25) is 0 Å². The van der Waals surface area contributed by atoms with E-state index < -0.39 is 18.1 Å². The van der Waals surface area contributed by atoms with Crippen molar-refractivity contribution >= 4 is 23.4 Å². The van der Waals surface area contributed by atoms with Crippen LogP contribution in [0.15, 0.2) is 10.9 Å². The number of unbranched alkanes of at least 4 members (excludes halogenated alkanes) is 1. The summed E-state index contributed by atoms with van der Waals surface area (Å²) < 4.78 is 4.85. The van der Waals surface area contributed by atoms with Gasteiger partial charge in [0.25, 0.3) is 0 Å². The minimum Gasteiger partial charge on any atom is -0.480 e. The van der Waals surface area contributed by atoms with Gasteiger partial charge in [-0.3, -0.25) is 0 Å². The van der Waals surface area contributed by atoms with Crippen LogP contribution in [0.25, 0.3) is 0 Å². The number of ether oxygens (including phenoxy) is 1. The van der Waals surface area contributed by atoms with E-state index >= 15 is 0 Å². The molecule has 0 saturated heterocycles. The highest BCUT2D eigenvalue weighted by molar-refractivity contribution is 7.07. The summed E-state index contributed by atoms with van der Waals surface area (Å²) in [6.07, 6.45) is 1.12.